The lowest BCUT2D eigenvalue weighted by atomic mass is 10.1. The van der Waals surface area contributed by atoms with Crippen molar-refractivity contribution in [2.24, 2.45) is 0 Å². The molecule has 0 aromatic carbocycles. The molecule has 0 amide bonds. The molecule has 0 saturated carbocycles. The predicted octanol–water partition coefficient (Wildman–Crippen LogP) is -0.00580. The summed E-state index contributed by atoms with van der Waals surface area (Å²) < 4.78 is 4.84. The Morgan fingerprint density at radius 1 is 1.58 bits per heavy atom. The van der Waals surface area contributed by atoms with E-state index < -0.39 is 12.1 Å². The van der Waals surface area contributed by atoms with Crippen molar-refractivity contribution in [3.8, 4) is 0 Å². The van der Waals surface area contributed by atoms with Crippen LogP contribution in [0.25, 0.3) is 0 Å². The number of ketones is 1. The van der Waals surface area contributed by atoms with Gasteiger partial charge < -0.3 is 10.1 Å². The molecule has 0 spiro atoms. The maximum atomic E-state index is 11.0. The Kier molecular flexibility index (Phi) is 2.17. The number of likely N-dealkylation sites (N-methyl/N-ethyl adjacent to an activating group) is 1. The molecule has 1 unspecified atom stereocenters. The number of cyclic esters (lactones) is 1. The maximum absolute atomic E-state index is 11.0. The van der Waals surface area contributed by atoms with Crippen molar-refractivity contribution in [2.75, 3.05) is 7.05 Å². The van der Waals surface area contributed by atoms with Gasteiger partial charge in [-0.05, 0) is 13.8 Å². The number of esters is 1. The number of hydrogen-bond donors (Lipinski definition) is 1. The topological polar surface area (TPSA) is 55.4 Å². The third kappa shape index (κ3) is 1.20. The summed E-state index contributed by atoms with van der Waals surface area (Å²) in [6, 6.07) is 0. The van der Waals surface area contributed by atoms with Gasteiger partial charge in [0.2, 0.25) is 0 Å². The number of hydrogen-bond acceptors (Lipinski definition) is 4. The van der Waals surface area contributed by atoms with Crippen LogP contribution in [0.4, 0.5) is 0 Å². The Labute approximate surface area is 70.6 Å². The van der Waals surface area contributed by atoms with E-state index in [2.05, 4.69) is 5.32 Å². The number of carbonyl (C=O) groups excluding carboxylic acids is 2. The standard InChI is InChI=1S/C8H11NO3/c1-4(10)6-5(2)12-8(11)7(6)9-3/h5,9H,1-3H3. The van der Waals surface area contributed by atoms with Crippen LogP contribution >= 0.6 is 0 Å². The SMILES string of the molecule is CNC1=C(C(C)=O)C(C)OC1=O. The second kappa shape index (κ2) is 2.97. The molecule has 1 aliphatic heterocycles. The average molecular weight is 169 g/mol. The lowest BCUT2D eigenvalue weighted by Gasteiger charge is -2.03. The summed E-state index contributed by atoms with van der Waals surface area (Å²) >= 11 is 0. The molecule has 1 N–H and O–H groups in total. The first-order chi connectivity index (χ1) is 5.57. The van der Waals surface area contributed by atoms with Crippen molar-refractivity contribution >= 4 is 11.8 Å². The summed E-state index contributed by atoms with van der Waals surface area (Å²) in [5, 5.41) is 2.66. The average Bonchev–Trinajstić information content (AvgIpc) is 2.24. The fourth-order valence-corrected chi connectivity index (χ4v) is 1.29. The zero-order valence-electron chi connectivity index (χ0n) is 7.30. The van der Waals surface area contributed by atoms with Crippen molar-refractivity contribution < 1.29 is 14.3 Å². The molecule has 0 saturated heterocycles. The van der Waals surface area contributed by atoms with Crippen LogP contribution < -0.4 is 5.32 Å². The molecule has 12 heavy (non-hydrogen) atoms. The molecule has 4 nitrogen and oxygen atoms in total. The normalized spacial score (nSPS) is 22.6. The summed E-state index contributed by atoms with van der Waals surface area (Å²) in [6.45, 7) is 3.10. The van der Waals surface area contributed by atoms with Gasteiger partial charge in [-0.2, -0.15) is 0 Å². The van der Waals surface area contributed by atoms with Gasteiger partial charge in [-0.3, -0.25) is 4.79 Å². The molecule has 66 valence electrons. The number of Topliss-reactive ketones (excluding diaryl/α,β-unsaturated/α-hetero) is 1. The second-order valence-electron chi connectivity index (χ2n) is 2.64. The second-order valence-corrected chi connectivity index (χ2v) is 2.64. The van der Waals surface area contributed by atoms with Crippen molar-refractivity contribution in [1.82, 2.24) is 5.32 Å². The Hall–Kier alpha value is -1.32. The quantitative estimate of drug-likeness (QED) is 0.591. The number of ether oxygens (including phenoxy) is 1. The lowest BCUT2D eigenvalue weighted by molar-refractivity contribution is -0.139. The molecule has 0 aromatic heterocycles. The molecule has 1 rings (SSSR count). The van der Waals surface area contributed by atoms with E-state index in [0.29, 0.717) is 5.57 Å². The van der Waals surface area contributed by atoms with Gasteiger partial charge >= 0.3 is 5.97 Å². The molecule has 0 aromatic rings. The van der Waals surface area contributed by atoms with Crippen molar-refractivity contribution in [1.29, 1.82) is 0 Å². The first kappa shape index (κ1) is 8.77. The zero-order chi connectivity index (χ0) is 9.30. The molecule has 0 radical (unpaired) electrons. The van der Waals surface area contributed by atoms with E-state index in [4.69, 9.17) is 4.74 Å². The predicted molar refractivity (Wildman–Crippen MR) is 42.3 cm³/mol. The highest BCUT2D eigenvalue weighted by Crippen LogP contribution is 2.20. The zero-order valence-corrected chi connectivity index (χ0v) is 7.30. The minimum Gasteiger partial charge on any atom is -0.453 e. The van der Waals surface area contributed by atoms with Crippen LogP contribution in [-0.4, -0.2) is 24.9 Å². The van der Waals surface area contributed by atoms with Gasteiger partial charge in [-0.1, -0.05) is 0 Å². The molecule has 4 heteroatoms. The Bertz CT molecular complexity index is 267. The first-order valence-corrected chi connectivity index (χ1v) is 3.71. The van der Waals surface area contributed by atoms with Crippen LogP contribution in [0.1, 0.15) is 13.8 Å². The highest BCUT2D eigenvalue weighted by atomic mass is 16.5. The van der Waals surface area contributed by atoms with Crippen molar-refractivity contribution in [3.05, 3.63) is 11.3 Å². The van der Waals surface area contributed by atoms with Crippen LogP contribution in [0.5, 0.6) is 0 Å². The monoisotopic (exact) mass is 169 g/mol. The van der Waals surface area contributed by atoms with Crippen LogP contribution in [0.15, 0.2) is 11.3 Å². The fourth-order valence-electron chi connectivity index (χ4n) is 1.29. The maximum Gasteiger partial charge on any atom is 0.355 e. The molecule has 0 aliphatic carbocycles. The summed E-state index contributed by atoms with van der Waals surface area (Å²) in [5.74, 6) is -0.576. The minimum atomic E-state index is -0.449. The van der Waals surface area contributed by atoms with E-state index in [1.807, 2.05) is 0 Å². The van der Waals surface area contributed by atoms with E-state index in [0.717, 1.165) is 0 Å². The largest absolute Gasteiger partial charge is 0.453 e. The van der Waals surface area contributed by atoms with Crippen LogP contribution in [-0.2, 0) is 14.3 Å². The van der Waals surface area contributed by atoms with Crippen LogP contribution in [0.2, 0.25) is 0 Å². The molecular weight excluding hydrogens is 158 g/mol. The van der Waals surface area contributed by atoms with Crippen LogP contribution in [0, 0.1) is 0 Å². The first-order valence-electron chi connectivity index (χ1n) is 3.71. The Balaban J connectivity index is 3.09. The molecule has 1 heterocycles. The third-order valence-corrected chi connectivity index (χ3v) is 1.79. The highest BCUT2D eigenvalue weighted by molar-refractivity contribution is 6.05. The Morgan fingerprint density at radius 2 is 2.17 bits per heavy atom. The Morgan fingerprint density at radius 3 is 2.50 bits per heavy atom. The number of nitrogens with one attached hydrogen (secondary N) is 1. The summed E-state index contributed by atoms with van der Waals surface area (Å²) in [6.07, 6.45) is -0.419. The molecule has 1 atom stereocenters. The molecule has 0 fully saturated rings. The van der Waals surface area contributed by atoms with Gasteiger partial charge in [0.15, 0.2) is 5.78 Å². The molecule has 0 bridgehead atoms. The van der Waals surface area contributed by atoms with Crippen LogP contribution in [0.3, 0.4) is 0 Å². The van der Waals surface area contributed by atoms with Gasteiger partial charge in [0.05, 0.1) is 5.57 Å². The van der Waals surface area contributed by atoms with Gasteiger partial charge in [-0.15, -0.1) is 0 Å². The fraction of sp³-hybridized carbons (Fsp3) is 0.500. The third-order valence-electron chi connectivity index (χ3n) is 1.79. The van der Waals surface area contributed by atoms with E-state index in [9.17, 15) is 9.59 Å². The van der Waals surface area contributed by atoms with Gasteiger partial charge in [0.1, 0.15) is 11.8 Å². The van der Waals surface area contributed by atoms with E-state index in [1.165, 1.54) is 6.92 Å². The smallest absolute Gasteiger partial charge is 0.355 e. The van der Waals surface area contributed by atoms with Gasteiger partial charge in [0, 0.05) is 7.05 Å². The minimum absolute atomic E-state index is 0.127. The summed E-state index contributed by atoms with van der Waals surface area (Å²) in [5.41, 5.74) is 0.720. The van der Waals surface area contributed by atoms with E-state index in [1.54, 1.807) is 14.0 Å². The summed E-state index contributed by atoms with van der Waals surface area (Å²) in [4.78, 5) is 22.1. The van der Waals surface area contributed by atoms with Crippen molar-refractivity contribution in [2.45, 2.75) is 20.0 Å². The number of rotatable bonds is 2. The van der Waals surface area contributed by atoms with Gasteiger partial charge in [-0.25, -0.2) is 4.79 Å². The molecule has 1 aliphatic rings. The highest BCUT2D eigenvalue weighted by Gasteiger charge is 2.32. The van der Waals surface area contributed by atoms with Gasteiger partial charge in [0.25, 0.3) is 0 Å². The van der Waals surface area contributed by atoms with E-state index in [-0.39, 0.29) is 11.5 Å². The lowest BCUT2D eigenvalue weighted by Crippen LogP contribution is -2.15. The molecular formula is C8H11NO3. The van der Waals surface area contributed by atoms with E-state index >= 15 is 0 Å². The number of carbonyl (C=O) groups is 2. The summed E-state index contributed by atoms with van der Waals surface area (Å²) in [7, 11) is 1.59. The van der Waals surface area contributed by atoms with Crippen molar-refractivity contribution in [3.63, 3.8) is 0 Å².